The molecular formula is C15H20BrFN4. The smallest absolute Gasteiger partial charge is 0.201 e. The molecule has 0 atom stereocenters. The molecule has 0 spiro atoms. The number of hydrogen-bond acceptors (Lipinski definition) is 3. The third-order valence-electron chi connectivity index (χ3n) is 4.44. The fourth-order valence-electron chi connectivity index (χ4n) is 3.16. The summed E-state index contributed by atoms with van der Waals surface area (Å²) in [7, 11) is 2.17. The van der Waals surface area contributed by atoms with Crippen LogP contribution in [0.4, 0.5) is 10.3 Å². The molecule has 1 aromatic heterocycles. The number of nitrogens with zero attached hydrogens (tertiary/aromatic N) is 3. The van der Waals surface area contributed by atoms with Gasteiger partial charge in [0.2, 0.25) is 5.95 Å². The van der Waals surface area contributed by atoms with Gasteiger partial charge in [-0.25, -0.2) is 9.37 Å². The number of rotatable bonds is 4. The van der Waals surface area contributed by atoms with E-state index in [0.717, 1.165) is 18.6 Å². The Balaban J connectivity index is 1.80. The van der Waals surface area contributed by atoms with E-state index < -0.39 is 0 Å². The monoisotopic (exact) mass is 354 g/mol. The number of hydrogen-bond donors (Lipinski definition) is 1. The lowest BCUT2D eigenvalue weighted by atomic mass is 10.2. The number of anilines is 1. The Kier molecular flexibility index (Phi) is 4.17. The predicted molar refractivity (Wildman–Crippen MR) is 86.7 cm³/mol. The van der Waals surface area contributed by atoms with Gasteiger partial charge in [0.15, 0.2) is 0 Å². The Hall–Kier alpha value is -1.14. The molecule has 0 amide bonds. The van der Waals surface area contributed by atoms with E-state index in [0.29, 0.717) is 22.0 Å². The summed E-state index contributed by atoms with van der Waals surface area (Å²) in [4.78, 5) is 6.65. The van der Waals surface area contributed by atoms with Crippen LogP contribution in [0.15, 0.2) is 16.6 Å². The highest BCUT2D eigenvalue weighted by atomic mass is 79.9. The molecule has 2 N–H and O–H groups in total. The summed E-state index contributed by atoms with van der Waals surface area (Å²) in [5.41, 5.74) is 7.47. The third kappa shape index (κ3) is 2.92. The topological polar surface area (TPSA) is 47.1 Å². The summed E-state index contributed by atoms with van der Waals surface area (Å²) >= 11 is 3.23. The number of nitrogen functional groups attached to an aromatic ring is 1. The van der Waals surface area contributed by atoms with Crippen molar-refractivity contribution in [1.29, 1.82) is 0 Å². The predicted octanol–water partition coefficient (Wildman–Crippen LogP) is 3.39. The van der Waals surface area contributed by atoms with E-state index in [-0.39, 0.29) is 5.82 Å². The fourth-order valence-corrected chi connectivity index (χ4v) is 3.49. The fraction of sp³-hybridized carbons (Fsp3) is 0.533. The zero-order valence-corrected chi connectivity index (χ0v) is 13.7. The Labute approximate surface area is 132 Å². The highest BCUT2D eigenvalue weighted by Gasteiger charge is 2.20. The summed E-state index contributed by atoms with van der Waals surface area (Å²) in [6.45, 7) is 1.70. The molecule has 114 valence electrons. The average molecular weight is 355 g/mol. The van der Waals surface area contributed by atoms with Gasteiger partial charge in [-0.15, -0.1) is 0 Å². The molecule has 1 fully saturated rings. The van der Waals surface area contributed by atoms with E-state index in [9.17, 15) is 4.39 Å². The summed E-state index contributed by atoms with van der Waals surface area (Å²) in [5.74, 6) is 0.137. The molecule has 4 nitrogen and oxygen atoms in total. The summed E-state index contributed by atoms with van der Waals surface area (Å²) in [5, 5.41) is 0. The Morgan fingerprint density at radius 3 is 2.86 bits per heavy atom. The van der Waals surface area contributed by atoms with Gasteiger partial charge in [-0.2, -0.15) is 0 Å². The molecule has 1 saturated carbocycles. The molecule has 1 aliphatic carbocycles. The van der Waals surface area contributed by atoms with Crippen LogP contribution in [0, 0.1) is 5.82 Å². The van der Waals surface area contributed by atoms with Crippen molar-refractivity contribution in [2.75, 3.05) is 19.3 Å². The van der Waals surface area contributed by atoms with E-state index in [4.69, 9.17) is 5.73 Å². The molecular weight excluding hydrogens is 335 g/mol. The second kappa shape index (κ2) is 5.93. The molecule has 0 radical (unpaired) electrons. The van der Waals surface area contributed by atoms with Crippen molar-refractivity contribution in [2.24, 2.45) is 0 Å². The molecule has 0 aliphatic heterocycles. The first-order valence-corrected chi connectivity index (χ1v) is 8.16. The number of aromatic nitrogens is 2. The zero-order chi connectivity index (χ0) is 15.0. The number of fused-ring (bicyclic) bond motifs is 1. The SMILES string of the molecule is CN(CCn1c(N)nc2cc(F)c(Br)cc21)C1CCCC1. The van der Waals surface area contributed by atoms with E-state index >= 15 is 0 Å². The highest BCUT2D eigenvalue weighted by Crippen LogP contribution is 2.26. The van der Waals surface area contributed by atoms with Gasteiger partial charge < -0.3 is 15.2 Å². The molecule has 6 heteroatoms. The van der Waals surface area contributed by atoms with Crippen molar-refractivity contribution in [3.63, 3.8) is 0 Å². The molecule has 1 aliphatic rings. The second-order valence-corrected chi connectivity index (χ2v) is 6.65. The van der Waals surface area contributed by atoms with Gasteiger partial charge in [-0.05, 0) is 41.9 Å². The van der Waals surface area contributed by atoms with Gasteiger partial charge in [0.1, 0.15) is 5.82 Å². The number of likely N-dealkylation sites (N-methyl/N-ethyl adjacent to an activating group) is 1. The molecule has 3 rings (SSSR count). The first-order chi connectivity index (χ1) is 10.1. The Morgan fingerprint density at radius 1 is 1.43 bits per heavy atom. The minimum Gasteiger partial charge on any atom is -0.369 e. The number of halogens is 2. The first kappa shape index (κ1) is 14.8. The Morgan fingerprint density at radius 2 is 2.14 bits per heavy atom. The normalized spacial score (nSPS) is 16.4. The van der Waals surface area contributed by atoms with Crippen molar-refractivity contribution in [3.8, 4) is 0 Å². The maximum atomic E-state index is 13.6. The zero-order valence-electron chi connectivity index (χ0n) is 12.1. The van der Waals surface area contributed by atoms with E-state index in [1.54, 1.807) is 6.07 Å². The van der Waals surface area contributed by atoms with Gasteiger partial charge >= 0.3 is 0 Å². The molecule has 2 aromatic rings. The van der Waals surface area contributed by atoms with Crippen LogP contribution >= 0.6 is 15.9 Å². The van der Waals surface area contributed by atoms with Crippen LogP contribution < -0.4 is 5.73 Å². The molecule has 1 aromatic carbocycles. The lowest BCUT2D eigenvalue weighted by Gasteiger charge is -2.24. The van der Waals surface area contributed by atoms with E-state index in [1.165, 1.54) is 31.7 Å². The number of nitrogens with two attached hydrogens (primary N) is 1. The van der Waals surface area contributed by atoms with E-state index in [2.05, 4.69) is 32.9 Å². The van der Waals surface area contributed by atoms with Crippen LogP contribution in [0.25, 0.3) is 11.0 Å². The van der Waals surface area contributed by atoms with Crippen LogP contribution in [0.1, 0.15) is 25.7 Å². The minimum atomic E-state index is -0.310. The van der Waals surface area contributed by atoms with Crippen molar-refractivity contribution >= 4 is 32.9 Å². The minimum absolute atomic E-state index is 0.310. The maximum Gasteiger partial charge on any atom is 0.201 e. The van der Waals surface area contributed by atoms with Crippen LogP contribution in [-0.4, -0.2) is 34.1 Å². The van der Waals surface area contributed by atoms with Crippen LogP contribution in [-0.2, 0) is 6.54 Å². The van der Waals surface area contributed by atoms with Crippen molar-refractivity contribution in [1.82, 2.24) is 14.5 Å². The third-order valence-corrected chi connectivity index (χ3v) is 5.05. The van der Waals surface area contributed by atoms with Crippen molar-refractivity contribution in [3.05, 3.63) is 22.4 Å². The lowest BCUT2D eigenvalue weighted by Crippen LogP contribution is -2.32. The van der Waals surface area contributed by atoms with Crippen LogP contribution in [0.3, 0.4) is 0 Å². The molecule has 0 saturated heterocycles. The van der Waals surface area contributed by atoms with Crippen molar-refractivity contribution < 1.29 is 4.39 Å². The highest BCUT2D eigenvalue weighted by molar-refractivity contribution is 9.10. The number of imidazole rings is 1. The van der Waals surface area contributed by atoms with Crippen molar-refractivity contribution in [2.45, 2.75) is 38.3 Å². The standard InChI is InChI=1S/C15H20BrFN4/c1-20(10-4-2-3-5-10)6-7-21-14-8-11(16)12(17)9-13(14)19-15(21)18/h8-10H,2-7H2,1H3,(H2,18,19). The first-order valence-electron chi connectivity index (χ1n) is 7.37. The summed E-state index contributed by atoms with van der Waals surface area (Å²) < 4.78 is 16.0. The molecule has 21 heavy (non-hydrogen) atoms. The second-order valence-electron chi connectivity index (χ2n) is 5.80. The van der Waals surface area contributed by atoms with Crippen LogP contribution in [0.2, 0.25) is 0 Å². The van der Waals surface area contributed by atoms with Gasteiger partial charge in [-0.3, -0.25) is 0 Å². The Bertz CT molecular complexity index is 649. The number of benzene rings is 1. The van der Waals surface area contributed by atoms with Gasteiger partial charge in [0, 0.05) is 25.2 Å². The average Bonchev–Trinajstić information content (AvgIpc) is 3.06. The molecule has 1 heterocycles. The van der Waals surface area contributed by atoms with Gasteiger partial charge in [-0.1, -0.05) is 12.8 Å². The quantitative estimate of drug-likeness (QED) is 0.915. The lowest BCUT2D eigenvalue weighted by molar-refractivity contribution is 0.238. The molecule has 0 bridgehead atoms. The molecule has 0 unspecified atom stereocenters. The van der Waals surface area contributed by atoms with Gasteiger partial charge in [0.25, 0.3) is 0 Å². The summed E-state index contributed by atoms with van der Waals surface area (Å²) in [6.07, 6.45) is 5.23. The van der Waals surface area contributed by atoms with E-state index in [1.807, 2.05) is 4.57 Å². The van der Waals surface area contributed by atoms with Gasteiger partial charge in [0.05, 0.1) is 15.5 Å². The summed E-state index contributed by atoms with van der Waals surface area (Å²) in [6, 6.07) is 3.86. The largest absolute Gasteiger partial charge is 0.369 e. The maximum absolute atomic E-state index is 13.6. The van der Waals surface area contributed by atoms with Crippen LogP contribution in [0.5, 0.6) is 0 Å².